The third kappa shape index (κ3) is 2.61. The van der Waals surface area contributed by atoms with Gasteiger partial charge in [-0.05, 0) is 25.0 Å². The molecule has 0 amide bonds. The summed E-state index contributed by atoms with van der Waals surface area (Å²) in [4.78, 5) is 11.6. The Kier molecular flexibility index (Phi) is 3.57. The van der Waals surface area contributed by atoms with Crippen LogP contribution in [-0.4, -0.2) is 23.8 Å². The molecular formula is C13H16O3. The molecule has 86 valence electrons. The van der Waals surface area contributed by atoms with Crippen molar-refractivity contribution >= 4 is 5.97 Å². The normalized spacial score (nSPS) is 24.3. The van der Waals surface area contributed by atoms with E-state index in [1.807, 2.05) is 6.07 Å². The van der Waals surface area contributed by atoms with Crippen LogP contribution in [0.5, 0.6) is 0 Å². The quantitative estimate of drug-likeness (QED) is 0.792. The van der Waals surface area contributed by atoms with Crippen LogP contribution in [0.4, 0.5) is 0 Å². The molecule has 1 aromatic rings. The lowest BCUT2D eigenvalue weighted by Gasteiger charge is -2.14. The molecule has 1 aromatic carbocycles. The predicted octanol–water partition coefficient (Wildman–Crippen LogP) is 2.00. The Hall–Kier alpha value is -1.35. The fourth-order valence-electron chi connectivity index (χ4n) is 2.05. The van der Waals surface area contributed by atoms with Crippen molar-refractivity contribution in [1.29, 1.82) is 0 Å². The third-order valence-corrected chi connectivity index (χ3v) is 3.06. The van der Waals surface area contributed by atoms with E-state index in [0.717, 1.165) is 19.3 Å². The van der Waals surface area contributed by atoms with Crippen molar-refractivity contribution in [1.82, 2.24) is 0 Å². The first-order valence-electron chi connectivity index (χ1n) is 5.67. The molecule has 2 atom stereocenters. The molecule has 3 heteroatoms. The minimum absolute atomic E-state index is 0.118. The maximum absolute atomic E-state index is 11.6. The first kappa shape index (κ1) is 11.1. The molecule has 3 nitrogen and oxygen atoms in total. The maximum Gasteiger partial charge on any atom is 0.338 e. The molecular weight excluding hydrogens is 204 g/mol. The molecule has 0 bridgehead atoms. The van der Waals surface area contributed by atoms with Crippen LogP contribution in [0, 0.1) is 5.92 Å². The molecule has 0 spiro atoms. The Balaban J connectivity index is 1.84. The van der Waals surface area contributed by atoms with Gasteiger partial charge in [0.25, 0.3) is 0 Å². The summed E-state index contributed by atoms with van der Waals surface area (Å²) in [5, 5.41) is 9.58. The van der Waals surface area contributed by atoms with E-state index in [1.165, 1.54) is 0 Å². The number of aliphatic hydroxyl groups excluding tert-OH is 1. The highest BCUT2D eigenvalue weighted by atomic mass is 16.5. The zero-order valence-electron chi connectivity index (χ0n) is 9.13. The Bertz CT molecular complexity index is 347. The molecule has 1 aliphatic rings. The minimum atomic E-state index is -0.306. The lowest BCUT2D eigenvalue weighted by Crippen LogP contribution is -2.21. The number of carbonyl (C=O) groups is 1. The molecule has 0 aliphatic heterocycles. The number of hydrogen-bond acceptors (Lipinski definition) is 3. The largest absolute Gasteiger partial charge is 0.462 e. The van der Waals surface area contributed by atoms with Gasteiger partial charge in [-0.15, -0.1) is 0 Å². The second kappa shape index (κ2) is 5.12. The number of rotatable bonds is 3. The Morgan fingerprint density at radius 3 is 2.69 bits per heavy atom. The van der Waals surface area contributed by atoms with Crippen LogP contribution in [0.2, 0.25) is 0 Å². The van der Waals surface area contributed by atoms with Crippen molar-refractivity contribution in [3.63, 3.8) is 0 Å². The maximum atomic E-state index is 11.6. The molecule has 1 fully saturated rings. The van der Waals surface area contributed by atoms with Gasteiger partial charge in [-0.2, -0.15) is 0 Å². The van der Waals surface area contributed by atoms with Gasteiger partial charge in [-0.3, -0.25) is 0 Å². The van der Waals surface area contributed by atoms with Crippen molar-refractivity contribution in [2.45, 2.75) is 25.4 Å². The summed E-state index contributed by atoms with van der Waals surface area (Å²) in [7, 11) is 0. The van der Waals surface area contributed by atoms with E-state index in [-0.39, 0.29) is 18.0 Å². The van der Waals surface area contributed by atoms with Gasteiger partial charge in [0.1, 0.15) is 0 Å². The number of hydrogen-bond donors (Lipinski definition) is 1. The Morgan fingerprint density at radius 1 is 1.31 bits per heavy atom. The summed E-state index contributed by atoms with van der Waals surface area (Å²) < 4.78 is 5.18. The van der Waals surface area contributed by atoms with Crippen LogP contribution >= 0.6 is 0 Å². The van der Waals surface area contributed by atoms with Gasteiger partial charge in [0, 0.05) is 5.92 Å². The van der Waals surface area contributed by atoms with Gasteiger partial charge >= 0.3 is 5.97 Å². The highest BCUT2D eigenvalue weighted by Gasteiger charge is 2.26. The molecule has 1 N–H and O–H groups in total. The van der Waals surface area contributed by atoms with E-state index in [2.05, 4.69) is 0 Å². The average Bonchev–Trinajstić information content (AvgIpc) is 2.73. The van der Waals surface area contributed by atoms with Gasteiger partial charge in [0.15, 0.2) is 0 Å². The molecule has 2 rings (SSSR count). The topological polar surface area (TPSA) is 46.5 Å². The molecule has 16 heavy (non-hydrogen) atoms. The van der Waals surface area contributed by atoms with Gasteiger partial charge in [0.2, 0.25) is 0 Å². The molecule has 1 aliphatic carbocycles. The van der Waals surface area contributed by atoms with Gasteiger partial charge in [-0.1, -0.05) is 24.6 Å². The van der Waals surface area contributed by atoms with E-state index in [4.69, 9.17) is 4.74 Å². The Morgan fingerprint density at radius 2 is 2.06 bits per heavy atom. The van der Waals surface area contributed by atoms with Gasteiger partial charge < -0.3 is 9.84 Å². The summed E-state index contributed by atoms with van der Waals surface area (Å²) in [6, 6.07) is 8.93. The number of aliphatic hydroxyl groups is 1. The SMILES string of the molecule is O=C(OC[C@H]1CCC[C@H]1O)c1ccccc1. The van der Waals surface area contributed by atoms with Crippen LogP contribution in [-0.2, 0) is 4.74 Å². The zero-order chi connectivity index (χ0) is 11.4. The van der Waals surface area contributed by atoms with E-state index >= 15 is 0 Å². The lowest BCUT2D eigenvalue weighted by molar-refractivity contribution is 0.0303. The lowest BCUT2D eigenvalue weighted by atomic mass is 10.1. The number of ether oxygens (including phenoxy) is 1. The van der Waals surface area contributed by atoms with Crippen LogP contribution < -0.4 is 0 Å². The summed E-state index contributed by atoms with van der Waals surface area (Å²) in [5.74, 6) is -0.188. The Labute approximate surface area is 95.0 Å². The van der Waals surface area contributed by atoms with Crippen molar-refractivity contribution < 1.29 is 14.6 Å². The van der Waals surface area contributed by atoms with E-state index in [1.54, 1.807) is 24.3 Å². The predicted molar refractivity (Wildman–Crippen MR) is 60.1 cm³/mol. The summed E-state index contributed by atoms with van der Waals surface area (Å²) in [6.45, 7) is 0.328. The molecule has 0 unspecified atom stereocenters. The third-order valence-electron chi connectivity index (χ3n) is 3.06. The fraction of sp³-hybridized carbons (Fsp3) is 0.462. The average molecular weight is 220 g/mol. The summed E-state index contributed by atoms with van der Waals surface area (Å²) >= 11 is 0. The summed E-state index contributed by atoms with van der Waals surface area (Å²) in [5.41, 5.74) is 0.565. The van der Waals surface area contributed by atoms with Crippen molar-refractivity contribution in [2.75, 3.05) is 6.61 Å². The molecule has 1 saturated carbocycles. The van der Waals surface area contributed by atoms with E-state index in [0.29, 0.717) is 12.2 Å². The first-order valence-corrected chi connectivity index (χ1v) is 5.67. The van der Waals surface area contributed by atoms with E-state index in [9.17, 15) is 9.90 Å². The van der Waals surface area contributed by atoms with Crippen LogP contribution in [0.15, 0.2) is 30.3 Å². The number of esters is 1. The molecule has 0 saturated heterocycles. The van der Waals surface area contributed by atoms with Crippen LogP contribution in [0.1, 0.15) is 29.6 Å². The minimum Gasteiger partial charge on any atom is -0.462 e. The molecule has 0 heterocycles. The van der Waals surface area contributed by atoms with E-state index < -0.39 is 0 Å². The number of carbonyl (C=O) groups excluding carboxylic acids is 1. The van der Waals surface area contributed by atoms with Crippen LogP contribution in [0.25, 0.3) is 0 Å². The monoisotopic (exact) mass is 220 g/mol. The van der Waals surface area contributed by atoms with Gasteiger partial charge in [0.05, 0.1) is 18.3 Å². The second-order valence-electron chi connectivity index (χ2n) is 4.22. The molecule has 0 aromatic heterocycles. The zero-order valence-corrected chi connectivity index (χ0v) is 9.13. The van der Waals surface area contributed by atoms with Crippen molar-refractivity contribution in [2.24, 2.45) is 5.92 Å². The number of benzene rings is 1. The van der Waals surface area contributed by atoms with Gasteiger partial charge in [-0.25, -0.2) is 4.79 Å². The van der Waals surface area contributed by atoms with Crippen LogP contribution in [0.3, 0.4) is 0 Å². The summed E-state index contributed by atoms with van der Waals surface area (Å²) in [6.07, 6.45) is 2.49. The standard InChI is InChI=1S/C13H16O3/c14-12-8-4-7-11(12)9-16-13(15)10-5-2-1-3-6-10/h1-3,5-6,11-12,14H,4,7-9H2/t11-,12-/m1/s1. The highest BCUT2D eigenvalue weighted by Crippen LogP contribution is 2.25. The fourth-order valence-corrected chi connectivity index (χ4v) is 2.05. The smallest absolute Gasteiger partial charge is 0.338 e. The van der Waals surface area contributed by atoms with Crippen molar-refractivity contribution in [3.8, 4) is 0 Å². The van der Waals surface area contributed by atoms with Crippen molar-refractivity contribution in [3.05, 3.63) is 35.9 Å². The first-order chi connectivity index (χ1) is 7.77. The molecule has 0 radical (unpaired) electrons. The highest BCUT2D eigenvalue weighted by molar-refractivity contribution is 5.89. The second-order valence-corrected chi connectivity index (χ2v) is 4.22.